The highest BCUT2D eigenvalue weighted by Crippen LogP contribution is 2.21. The summed E-state index contributed by atoms with van der Waals surface area (Å²) in [5.41, 5.74) is 2.03. The Labute approximate surface area is 162 Å². The first-order valence-corrected chi connectivity index (χ1v) is 8.97. The van der Waals surface area contributed by atoms with Crippen LogP contribution in [0.2, 0.25) is 10.0 Å². The largest absolute Gasteiger partial charge is 0.462 e. The number of carbonyl (C=O) groups excluding carboxylic acids is 2. The molecule has 2 rings (SSSR count). The first kappa shape index (κ1) is 20.2. The number of halogens is 2. The van der Waals surface area contributed by atoms with Crippen LogP contribution in [-0.2, 0) is 16.0 Å². The molecule has 0 aliphatic carbocycles. The zero-order chi connectivity index (χ0) is 18.9. The predicted molar refractivity (Wildman–Crippen MR) is 104 cm³/mol. The van der Waals surface area contributed by atoms with E-state index in [1.54, 1.807) is 43.3 Å². The Bertz CT molecular complexity index is 764. The van der Waals surface area contributed by atoms with Crippen LogP contribution in [0.25, 0.3) is 0 Å². The van der Waals surface area contributed by atoms with Crippen molar-refractivity contribution in [3.8, 4) is 0 Å². The molecule has 0 heterocycles. The predicted octanol–water partition coefficient (Wildman–Crippen LogP) is 3.94. The van der Waals surface area contributed by atoms with Gasteiger partial charge in [-0.15, -0.1) is 0 Å². The highest BCUT2D eigenvalue weighted by atomic mass is 35.5. The summed E-state index contributed by atoms with van der Waals surface area (Å²) in [6.45, 7) is 2.85. The molecule has 0 atom stereocenters. The maximum absolute atomic E-state index is 11.9. The number of benzene rings is 2. The van der Waals surface area contributed by atoms with Crippen molar-refractivity contribution in [3.63, 3.8) is 0 Å². The van der Waals surface area contributed by atoms with Crippen LogP contribution in [0.5, 0.6) is 0 Å². The standard InChI is InChI=1S/C19H20Cl2N2O3/c1-2-26-19(25)14-4-7-16(8-5-14)23-18(24)12-22-10-9-13-3-6-15(20)11-17(13)21/h3-8,11,22H,2,9-10,12H2,1H3,(H,23,24). The van der Waals surface area contributed by atoms with Gasteiger partial charge < -0.3 is 15.4 Å². The Balaban J connectivity index is 1.74. The molecule has 2 N–H and O–H groups in total. The first-order valence-electron chi connectivity index (χ1n) is 8.21. The van der Waals surface area contributed by atoms with Gasteiger partial charge in [0.05, 0.1) is 18.7 Å². The fourth-order valence-corrected chi connectivity index (χ4v) is 2.76. The lowest BCUT2D eigenvalue weighted by molar-refractivity contribution is -0.115. The van der Waals surface area contributed by atoms with Gasteiger partial charge in [0.25, 0.3) is 0 Å². The van der Waals surface area contributed by atoms with Crippen LogP contribution in [0, 0.1) is 0 Å². The van der Waals surface area contributed by atoms with Gasteiger partial charge >= 0.3 is 5.97 Å². The molecule has 0 unspecified atom stereocenters. The van der Waals surface area contributed by atoms with E-state index in [2.05, 4.69) is 10.6 Å². The van der Waals surface area contributed by atoms with E-state index >= 15 is 0 Å². The van der Waals surface area contributed by atoms with Gasteiger partial charge in [-0.3, -0.25) is 4.79 Å². The quantitative estimate of drug-likeness (QED) is 0.525. The first-order chi connectivity index (χ1) is 12.5. The van der Waals surface area contributed by atoms with E-state index in [1.165, 1.54) is 0 Å². The zero-order valence-electron chi connectivity index (χ0n) is 14.4. The van der Waals surface area contributed by atoms with E-state index in [1.807, 2.05) is 6.07 Å². The van der Waals surface area contributed by atoms with Crippen LogP contribution in [0.4, 0.5) is 5.69 Å². The summed E-state index contributed by atoms with van der Waals surface area (Å²) in [4.78, 5) is 23.5. The van der Waals surface area contributed by atoms with Crippen molar-refractivity contribution in [2.24, 2.45) is 0 Å². The SMILES string of the molecule is CCOC(=O)c1ccc(NC(=O)CNCCc2ccc(Cl)cc2Cl)cc1. The monoisotopic (exact) mass is 394 g/mol. The summed E-state index contributed by atoms with van der Waals surface area (Å²) in [5, 5.41) is 7.04. The van der Waals surface area contributed by atoms with Crippen LogP contribution in [0.1, 0.15) is 22.8 Å². The molecule has 0 radical (unpaired) electrons. The molecule has 0 aliphatic rings. The van der Waals surface area contributed by atoms with Crippen molar-refractivity contribution in [2.75, 3.05) is 25.0 Å². The van der Waals surface area contributed by atoms with Gasteiger partial charge in [0.1, 0.15) is 0 Å². The highest BCUT2D eigenvalue weighted by molar-refractivity contribution is 6.35. The van der Waals surface area contributed by atoms with Gasteiger partial charge in [-0.25, -0.2) is 4.79 Å². The van der Waals surface area contributed by atoms with Crippen molar-refractivity contribution >= 4 is 40.8 Å². The van der Waals surface area contributed by atoms with Gasteiger partial charge in [0.2, 0.25) is 5.91 Å². The van der Waals surface area contributed by atoms with Crippen LogP contribution < -0.4 is 10.6 Å². The Morgan fingerprint density at radius 1 is 1.08 bits per heavy atom. The molecule has 0 aromatic heterocycles. The second kappa shape index (κ2) is 10.2. The lowest BCUT2D eigenvalue weighted by atomic mass is 10.1. The molecule has 5 nitrogen and oxygen atoms in total. The molecule has 1 amide bonds. The minimum absolute atomic E-state index is 0.170. The second-order valence-corrected chi connectivity index (χ2v) is 6.35. The third kappa shape index (κ3) is 6.33. The minimum Gasteiger partial charge on any atom is -0.462 e. The van der Waals surface area contributed by atoms with Crippen molar-refractivity contribution < 1.29 is 14.3 Å². The summed E-state index contributed by atoms with van der Waals surface area (Å²) in [6.07, 6.45) is 0.692. The molecule has 7 heteroatoms. The number of hydrogen-bond acceptors (Lipinski definition) is 4. The van der Waals surface area contributed by atoms with E-state index < -0.39 is 0 Å². The average Bonchev–Trinajstić information content (AvgIpc) is 2.61. The fraction of sp³-hybridized carbons (Fsp3) is 0.263. The molecule has 0 saturated carbocycles. The third-order valence-electron chi connectivity index (χ3n) is 3.55. The summed E-state index contributed by atoms with van der Waals surface area (Å²) >= 11 is 12.0. The van der Waals surface area contributed by atoms with Crippen LogP contribution in [0.3, 0.4) is 0 Å². The molecule has 0 aliphatic heterocycles. The second-order valence-electron chi connectivity index (χ2n) is 5.51. The summed E-state index contributed by atoms with van der Waals surface area (Å²) in [5.74, 6) is -0.552. The topological polar surface area (TPSA) is 67.4 Å². The molecule has 0 bridgehead atoms. The molecule has 0 fully saturated rings. The summed E-state index contributed by atoms with van der Waals surface area (Å²) in [7, 11) is 0. The van der Waals surface area contributed by atoms with Crippen LogP contribution in [0.15, 0.2) is 42.5 Å². The van der Waals surface area contributed by atoms with Gasteiger partial charge in [0.15, 0.2) is 0 Å². The highest BCUT2D eigenvalue weighted by Gasteiger charge is 2.07. The van der Waals surface area contributed by atoms with Gasteiger partial charge in [-0.2, -0.15) is 0 Å². The van der Waals surface area contributed by atoms with Crippen molar-refractivity contribution in [1.29, 1.82) is 0 Å². The van der Waals surface area contributed by atoms with Crippen LogP contribution in [-0.4, -0.2) is 31.6 Å². The summed E-state index contributed by atoms with van der Waals surface area (Å²) < 4.78 is 4.91. The van der Waals surface area contributed by atoms with Crippen molar-refractivity contribution in [3.05, 3.63) is 63.6 Å². The lowest BCUT2D eigenvalue weighted by Crippen LogP contribution is -2.29. The molecule has 26 heavy (non-hydrogen) atoms. The number of anilines is 1. The maximum atomic E-state index is 11.9. The fourth-order valence-electron chi connectivity index (χ4n) is 2.26. The van der Waals surface area contributed by atoms with Gasteiger partial charge in [-0.1, -0.05) is 29.3 Å². The maximum Gasteiger partial charge on any atom is 0.338 e. The number of rotatable bonds is 8. The summed E-state index contributed by atoms with van der Waals surface area (Å²) in [6, 6.07) is 11.9. The van der Waals surface area contributed by atoms with Crippen molar-refractivity contribution in [1.82, 2.24) is 5.32 Å². The number of amides is 1. The smallest absolute Gasteiger partial charge is 0.338 e. The molecule has 138 valence electrons. The molecule has 2 aromatic carbocycles. The number of ether oxygens (including phenoxy) is 1. The van der Waals surface area contributed by atoms with E-state index in [-0.39, 0.29) is 18.4 Å². The normalized spacial score (nSPS) is 10.4. The molecule has 0 spiro atoms. The molecule has 2 aromatic rings. The number of nitrogens with one attached hydrogen (secondary N) is 2. The molecule has 0 saturated heterocycles. The number of esters is 1. The number of carbonyl (C=O) groups is 2. The van der Waals surface area contributed by atoms with Gasteiger partial charge in [0, 0.05) is 15.7 Å². The Hall–Kier alpha value is -2.08. The Kier molecular flexibility index (Phi) is 7.91. The van der Waals surface area contributed by atoms with E-state index in [4.69, 9.17) is 27.9 Å². The Morgan fingerprint density at radius 3 is 2.46 bits per heavy atom. The average molecular weight is 395 g/mol. The van der Waals surface area contributed by atoms with E-state index in [9.17, 15) is 9.59 Å². The zero-order valence-corrected chi connectivity index (χ0v) is 15.9. The van der Waals surface area contributed by atoms with Crippen molar-refractivity contribution in [2.45, 2.75) is 13.3 Å². The molecular formula is C19H20Cl2N2O3. The van der Waals surface area contributed by atoms with Crippen LogP contribution >= 0.6 is 23.2 Å². The van der Waals surface area contributed by atoms with Gasteiger partial charge in [-0.05, 0) is 61.9 Å². The Morgan fingerprint density at radius 2 is 1.81 bits per heavy atom. The van der Waals surface area contributed by atoms with E-state index in [0.29, 0.717) is 40.9 Å². The third-order valence-corrected chi connectivity index (χ3v) is 4.14. The lowest BCUT2D eigenvalue weighted by Gasteiger charge is -2.08. The van der Waals surface area contributed by atoms with E-state index in [0.717, 1.165) is 5.56 Å². The molecular weight excluding hydrogens is 375 g/mol. The number of hydrogen-bond donors (Lipinski definition) is 2. The minimum atomic E-state index is -0.382.